The second kappa shape index (κ2) is 3.63. The summed E-state index contributed by atoms with van der Waals surface area (Å²) < 4.78 is 0. The molecule has 1 aromatic carbocycles. The molecule has 1 amide bonds. The Morgan fingerprint density at radius 1 is 1.53 bits per heavy atom. The Kier molecular flexibility index (Phi) is 2.31. The van der Waals surface area contributed by atoms with Crippen LogP contribution >= 0.6 is 0 Å². The molecule has 0 aromatic heterocycles. The third-order valence-electron chi connectivity index (χ3n) is 2.54. The van der Waals surface area contributed by atoms with Gasteiger partial charge in [-0.05, 0) is 29.6 Å². The predicted molar refractivity (Wildman–Crippen MR) is 55.9 cm³/mol. The molecule has 0 aliphatic carbocycles. The van der Waals surface area contributed by atoms with Crippen LogP contribution in [0.3, 0.4) is 0 Å². The van der Waals surface area contributed by atoms with E-state index in [2.05, 4.69) is 10.0 Å². The molecule has 0 spiro atoms. The summed E-state index contributed by atoms with van der Waals surface area (Å²) in [5.74, 6) is 0.0312. The van der Waals surface area contributed by atoms with Gasteiger partial charge in [-0.2, -0.15) is 0 Å². The average Bonchev–Trinajstić information content (AvgIpc) is 2.24. The molecule has 1 aliphatic rings. The van der Waals surface area contributed by atoms with Crippen LogP contribution in [0.4, 0.5) is 5.69 Å². The fraction of sp³-hybridized carbons (Fsp3) is 0.300. The van der Waals surface area contributed by atoms with Crippen molar-refractivity contribution in [3.8, 4) is 0 Å². The smallest absolute Gasteiger partial charge is 0.253 e. The minimum absolute atomic E-state index is 0.0312. The lowest BCUT2D eigenvalue weighted by Gasteiger charge is -2.24. The van der Waals surface area contributed by atoms with Crippen molar-refractivity contribution in [2.75, 3.05) is 13.6 Å². The first-order valence-corrected chi connectivity index (χ1v) is 4.66. The number of fused-ring (bicyclic) bond motifs is 1. The van der Waals surface area contributed by atoms with Crippen molar-refractivity contribution in [3.63, 3.8) is 0 Å². The van der Waals surface area contributed by atoms with E-state index in [-0.39, 0.29) is 5.91 Å². The molecule has 0 atom stereocenters. The quantitative estimate of drug-likeness (QED) is 0.391. The maximum absolute atomic E-state index is 11.7. The third-order valence-corrected chi connectivity index (χ3v) is 2.54. The van der Waals surface area contributed by atoms with Gasteiger partial charge in [0.05, 0.1) is 0 Å². The van der Waals surface area contributed by atoms with Gasteiger partial charge in [0.15, 0.2) is 0 Å². The van der Waals surface area contributed by atoms with Crippen LogP contribution in [0.5, 0.6) is 0 Å². The molecule has 0 unspecified atom stereocenters. The summed E-state index contributed by atoms with van der Waals surface area (Å²) in [7, 11) is 1.78. The molecule has 1 heterocycles. The second-order valence-electron chi connectivity index (χ2n) is 3.51. The van der Waals surface area contributed by atoms with Crippen LogP contribution in [-0.2, 0) is 6.42 Å². The first kappa shape index (κ1) is 9.55. The number of azide groups is 1. The molecule has 1 aliphatic heterocycles. The molecule has 0 N–H and O–H groups in total. The number of likely N-dealkylation sites (N-methyl/N-ethyl adjacent to an activating group) is 1. The van der Waals surface area contributed by atoms with Crippen LogP contribution in [0.25, 0.3) is 10.4 Å². The van der Waals surface area contributed by atoms with Gasteiger partial charge in [0.25, 0.3) is 5.91 Å². The minimum atomic E-state index is 0.0312. The highest BCUT2D eigenvalue weighted by Gasteiger charge is 2.20. The van der Waals surface area contributed by atoms with Crippen LogP contribution in [0.1, 0.15) is 15.9 Å². The fourth-order valence-electron chi connectivity index (χ4n) is 1.70. The Hall–Kier alpha value is -2.00. The van der Waals surface area contributed by atoms with Crippen LogP contribution < -0.4 is 0 Å². The molecule has 1 aromatic rings. The summed E-state index contributed by atoms with van der Waals surface area (Å²) in [4.78, 5) is 16.1. The molecular weight excluding hydrogens is 192 g/mol. The second-order valence-corrected chi connectivity index (χ2v) is 3.51. The SMILES string of the molecule is CN1CCc2cc(N=[N+]=[N-])ccc2C1=O. The molecule has 0 saturated heterocycles. The maximum atomic E-state index is 11.7. The van der Waals surface area contributed by atoms with Crippen molar-refractivity contribution in [1.82, 2.24) is 4.90 Å². The summed E-state index contributed by atoms with van der Waals surface area (Å²) >= 11 is 0. The topological polar surface area (TPSA) is 69.1 Å². The Morgan fingerprint density at radius 3 is 3.07 bits per heavy atom. The number of carbonyl (C=O) groups is 1. The molecule has 0 fully saturated rings. The van der Waals surface area contributed by atoms with E-state index in [0.29, 0.717) is 17.8 Å². The van der Waals surface area contributed by atoms with Gasteiger partial charge in [-0.3, -0.25) is 4.79 Å². The van der Waals surface area contributed by atoms with E-state index in [9.17, 15) is 4.79 Å². The summed E-state index contributed by atoms with van der Waals surface area (Å²) in [6.45, 7) is 0.714. The number of benzene rings is 1. The fourth-order valence-corrected chi connectivity index (χ4v) is 1.70. The van der Waals surface area contributed by atoms with E-state index < -0.39 is 0 Å². The van der Waals surface area contributed by atoms with Crippen LogP contribution in [-0.4, -0.2) is 24.4 Å². The van der Waals surface area contributed by atoms with Gasteiger partial charge in [0.1, 0.15) is 0 Å². The number of amides is 1. The van der Waals surface area contributed by atoms with E-state index >= 15 is 0 Å². The zero-order valence-corrected chi connectivity index (χ0v) is 8.34. The van der Waals surface area contributed by atoms with Crippen LogP contribution in [0, 0.1) is 0 Å². The van der Waals surface area contributed by atoms with Crippen molar-refractivity contribution >= 4 is 11.6 Å². The van der Waals surface area contributed by atoms with Gasteiger partial charge >= 0.3 is 0 Å². The normalized spacial score (nSPS) is 14.5. The number of hydrogen-bond acceptors (Lipinski definition) is 2. The first-order chi connectivity index (χ1) is 7.22. The summed E-state index contributed by atoms with van der Waals surface area (Å²) in [5.41, 5.74) is 10.5. The van der Waals surface area contributed by atoms with E-state index in [1.165, 1.54) is 0 Å². The lowest BCUT2D eigenvalue weighted by molar-refractivity contribution is 0.0781. The molecule has 5 heteroatoms. The predicted octanol–water partition coefficient (Wildman–Crippen LogP) is 2.26. The number of rotatable bonds is 1. The highest BCUT2D eigenvalue weighted by atomic mass is 16.2. The van der Waals surface area contributed by atoms with Crippen molar-refractivity contribution in [3.05, 3.63) is 39.8 Å². The Bertz CT molecular complexity index is 462. The van der Waals surface area contributed by atoms with Gasteiger partial charge in [0.2, 0.25) is 0 Å². The Labute approximate surface area is 86.9 Å². The van der Waals surface area contributed by atoms with E-state index in [4.69, 9.17) is 5.53 Å². The van der Waals surface area contributed by atoms with Crippen molar-refractivity contribution in [2.24, 2.45) is 5.11 Å². The highest BCUT2D eigenvalue weighted by Crippen LogP contribution is 2.23. The van der Waals surface area contributed by atoms with E-state index in [1.807, 2.05) is 0 Å². The molecule has 2 rings (SSSR count). The molecule has 0 bridgehead atoms. The third kappa shape index (κ3) is 1.65. The zero-order chi connectivity index (χ0) is 10.8. The highest BCUT2D eigenvalue weighted by molar-refractivity contribution is 5.96. The molecule has 0 radical (unpaired) electrons. The largest absolute Gasteiger partial charge is 0.341 e. The van der Waals surface area contributed by atoms with Crippen molar-refractivity contribution in [2.45, 2.75) is 6.42 Å². The van der Waals surface area contributed by atoms with Gasteiger partial charge in [-0.15, -0.1) is 0 Å². The summed E-state index contributed by atoms with van der Waals surface area (Å²) in [5, 5.41) is 3.51. The minimum Gasteiger partial charge on any atom is -0.341 e. The van der Waals surface area contributed by atoms with Gasteiger partial charge in [-0.1, -0.05) is 11.2 Å². The monoisotopic (exact) mass is 202 g/mol. The number of nitrogens with zero attached hydrogens (tertiary/aromatic N) is 4. The number of hydrogen-bond donors (Lipinski definition) is 0. The lowest BCUT2D eigenvalue weighted by Crippen LogP contribution is -2.33. The van der Waals surface area contributed by atoms with Gasteiger partial charge in [-0.25, -0.2) is 0 Å². The zero-order valence-electron chi connectivity index (χ0n) is 8.34. The Morgan fingerprint density at radius 2 is 2.33 bits per heavy atom. The van der Waals surface area contributed by atoms with Crippen molar-refractivity contribution in [1.29, 1.82) is 0 Å². The lowest BCUT2D eigenvalue weighted by atomic mass is 9.99. The summed E-state index contributed by atoms with van der Waals surface area (Å²) in [6, 6.07) is 5.16. The average molecular weight is 202 g/mol. The number of carbonyl (C=O) groups excluding carboxylic acids is 1. The molecule has 76 valence electrons. The Balaban J connectivity index is 2.46. The molecule has 15 heavy (non-hydrogen) atoms. The van der Waals surface area contributed by atoms with Crippen LogP contribution in [0.15, 0.2) is 23.3 Å². The van der Waals surface area contributed by atoms with E-state index in [0.717, 1.165) is 12.0 Å². The maximum Gasteiger partial charge on any atom is 0.253 e. The van der Waals surface area contributed by atoms with Gasteiger partial charge in [0, 0.05) is 29.8 Å². The summed E-state index contributed by atoms with van der Waals surface area (Å²) in [6.07, 6.45) is 0.812. The first-order valence-electron chi connectivity index (χ1n) is 4.66. The van der Waals surface area contributed by atoms with Gasteiger partial charge < -0.3 is 4.90 Å². The van der Waals surface area contributed by atoms with Crippen LogP contribution in [0.2, 0.25) is 0 Å². The molecular formula is C10H10N4O. The van der Waals surface area contributed by atoms with E-state index in [1.54, 1.807) is 30.1 Å². The van der Waals surface area contributed by atoms with Crippen molar-refractivity contribution < 1.29 is 4.79 Å². The standard InChI is InChI=1S/C10H10N4O/c1-14-5-4-7-6-8(12-13-11)2-3-9(7)10(14)15/h2-3,6H,4-5H2,1H3. The molecule has 0 saturated carbocycles. The molecule has 5 nitrogen and oxygen atoms in total.